The molecule has 0 radical (unpaired) electrons. The van der Waals surface area contributed by atoms with Gasteiger partial charge in [-0.15, -0.1) is 0 Å². The van der Waals surface area contributed by atoms with Crippen molar-refractivity contribution in [3.05, 3.63) is 180 Å². The topological polar surface area (TPSA) is 168 Å². The number of hydrogen-bond donors (Lipinski definition) is 5. The molecule has 5 N–H and O–H groups in total. The van der Waals surface area contributed by atoms with Crippen LogP contribution in [-0.4, -0.2) is 39.4 Å². The maximum absolute atomic E-state index is 13.9. The van der Waals surface area contributed by atoms with E-state index >= 15 is 0 Å². The second-order valence-electron chi connectivity index (χ2n) is 15.8. The summed E-state index contributed by atoms with van der Waals surface area (Å²) in [7, 11) is 0. The van der Waals surface area contributed by atoms with Crippen LogP contribution >= 0.6 is 0 Å². The largest absolute Gasteiger partial charge is 0.511 e. The van der Waals surface area contributed by atoms with Crippen LogP contribution in [0.15, 0.2) is 140 Å². The van der Waals surface area contributed by atoms with Crippen molar-refractivity contribution in [1.29, 1.82) is 0 Å². The fraction of sp³-hybridized carbons (Fsp3) is 0.196. The van der Waals surface area contributed by atoms with E-state index < -0.39 is 17.6 Å². The summed E-state index contributed by atoms with van der Waals surface area (Å²) < 4.78 is 18.4. The average molecular weight is 856 g/mol. The fourth-order valence-electron chi connectivity index (χ4n) is 7.85. The molecule has 0 bridgehead atoms. The third-order valence-electron chi connectivity index (χ3n) is 11.3. The van der Waals surface area contributed by atoms with E-state index in [1.54, 1.807) is 43.7 Å². The normalized spacial score (nSPS) is 15.5. The summed E-state index contributed by atoms with van der Waals surface area (Å²) in [6, 6.07) is 23.7. The van der Waals surface area contributed by atoms with Crippen LogP contribution < -0.4 is 30.7 Å². The van der Waals surface area contributed by atoms with Gasteiger partial charge >= 0.3 is 11.9 Å². The fourth-order valence-corrected chi connectivity index (χ4v) is 7.85. The average Bonchev–Trinajstić information content (AvgIpc) is 3.57. The Morgan fingerprint density at radius 2 is 1.66 bits per heavy atom. The summed E-state index contributed by atoms with van der Waals surface area (Å²) in [5, 5.41) is 23.5. The molecule has 0 aliphatic carbocycles. The highest BCUT2D eigenvalue weighted by Gasteiger charge is 2.53. The van der Waals surface area contributed by atoms with Crippen molar-refractivity contribution in [2.24, 2.45) is 4.99 Å². The van der Waals surface area contributed by atoms with Crippen molar-refractivity contribution in [1.82, 2.24) is 20.6 Å². The number of allylic oxidation sites excluding steroid dienone is 2. The van der Waals surface area contributed by atoms with Crippen LogP contribution in [0.1, 0.15) is 89.1 Å². The minimum Gasteiger partial charge on any atom is -0.511 e. The molecule has 2 unspecified atom stereocenters. The van der Waals surface area contributed by atoms with Gasteiger partial charge in [0.15, 0.2) is 11.4 Å². The number of esters is 2. The van der Waals surface area contributed by atoms with Gasteiger partial charge in [-0.3, -0.25) is 4.79 Å². The highest BCUT2D eigenvalue weighted by Crippen LogP contribution is 2.57. The molecule has 13 nitrogen and oxygen atoms in total. The number of anilines is 2. The number of carbonyl (C=O) groups is 2. The van der Waals surface area contributed by atoms with E-state index in [9.17, 15) is 14.7 Å². The number of aromatic nitrogens is 2. The predicted octanol–water partition coefficient (Wildman–Crippen LogP) is 10.1. The molecule has 0 fully saturated rings. The van der Waals surface area contributed by atoms with E-state index in [2.05, 4.69) is 76.0 Å². The number of ether oxygens (including phenoxy) is 3. The highest BCUT2D eigenvalue weighted by atomic mass is 16.6. The van der Waals surface area contributed by atoms with Crippen LogP contribution in [0, 0.1) is 0 Å². The van der Waals surface area contributed by atoms with Crippen LogP contribution in [0.4, 0.5) is 17.2 Å². The standard InChI is InChI=1S/C51H49N7O6/c1-8-29(3)22-34-11-18-42-45(23-34)63-46-25-39(62-47(60)9-2)17-20-43(46)51(42)41-19-16-37(24-40(41)50(61)64-51)56-30(4)10-21-44(33(7)59)57-31(5)35-12-14-36(15-13-35)52-26-38-27-53-49-48(58-38)32(6)54-28-55-49/h11-20,23-25,27-28,44,52,56-57,59H,3-10,21-22,26H2,1-2H3,(H,53,54,55). The molecule has 1 spiro atoms. The van der Waals surface area contributed by atoms with Gasteiger partial charge in [-0.05, 0) is 79.3 Å². The summed E-state index contributed by atoms with van der Waals surface area (Å²) in [5.74, 6) is 0.882. The van der Waals surface area contributed by atoms with E-state index in [1.807, 2.05) is 54.6 Å². The maximum atomic E-state index is 13.9. The SMILES string of the molecule is C=C(CC)Cc1ccc2c(c1)Oc1cc(OC(=O)CC)ccc1C21OC(=O)c2cc(NC(=C)CCC(NC(=C)c3ccc(NCc4cnc5c(n4)C(=C)NC=N5)cc3)C(=C)O)ccc21. The molecule has 5 aromatic rings. The first-order valence-electron chi connectivity index (χ1n) is 21.0. The summed E-state index contributed by atoms with van der Waals surface area (Å²) in [5.41, 5.74) is 8.70. The number of carbonyl (C=O) groups excluding carboxylic acids is 2. The van der Waals surface area contributed by atoms with Crippen LogP contribution in [0.5, 0.6) is 17.2 Å². The quantitative estimate of drug-likeness (QED) is 0.0260. The second kappa shape index (κ2) is 17.8. The summed E-state index contributed by atoms with van der Waals surface area (Å²) in [4.78, 5) is 39.3. The Bertz CT molecular complexity index is 2730. The Hall–Kier alpha value is -7.93. The molecule has 0 saturated heterocycles. The molecular weight excluding hydrogens is 807 g/mol. The number of aliphatic hydroxyl groups is 1. The molecule has 13 heteroatoms. The Labute approximate surface area is 372 Å². The van der Waals surface area contributed by atoms with Gasteiger partial charge in [0.1, 0.15) is 28.7 Å². The number of fused-ring (bicyclic) bond motifs is 7. The molecule has 64 heavy (non-hydrogen) atoms. The van der Waals surface area contributed by atoms with Gasteiger partial charge in [0, 0.05) is 51.9 Å². The molecule has 0 saturated carbocycles. The third-order valence-corrected chi connectivity index (χ3v) is 11.3. The van der Waals surface area contributed by atoms with Gasteiger partial charge in [-0.1, -0.05) is 82.6 Å². The first kappa shape index (κ1) is 42.7. The van der Waals surface area contributed by atoms with Crippen molar-refractivity contribution in [2.75, 3.05) is 10.6 Å². The van der Waals surface area contributed by atoms with Crippen molar-refractivity contribution in [2.45, 2.75) is 64.1 Å². The van der Waals surface area contributed by atoms with Crippen LogP contribution in [0.25, 0.3) is 11.4 Å². The van der Waals surface area contributed by atoms with Crippen LogP contribution in [0.2, 0.25) is 0 Å². The minimum atomic E-state index is -1.32. The predicted molar refractivity (Wildman–Crippen MR) is 250 cm³/mol. The van der Waals surface area contributed by atoms with Crippen molar-refractivity contribution in [3.63, 3.8) is 0 Å². The van der Waals surface area contributed by atoms with Gasteiger partial charge < -0.3 is 40.6 Å². The molecule has 3 aliphatic heterocycles. The number of aliphatic hydroxyl groups excluding tert-OH is 1. The van der Waals surface area contributed by atoms with E-state index in [4.69, 9.17) is 14.2 Å². The lowest BCUT2D eigenvalue weighted by Crippen LogP contribution is -2.33. The van der Waals surface area contributed by atoms with Crippen molar-refractivity contribution in [3.8, 4) is 17.2 Å². The van der Waals surface area contributed by atoms with Crippen molar-refractivity contribution < 1.29 is 28.9 Å². The highest BCUT2D eigenvalue weighted by molar-refractivity contribution is 5.98. The number of rotatable bonds is 17. The number of benzene rings is 4. The summed E-state index contributed by atoms with van der Waals surface area (Å²) in [6.45, 7) is 24.6. The Morgan fingerprint density at radius 3 is 2.41 bits per heavy atom. The molecule has 324 valence electrons. The molecule has 3 aliphatic rings. The maximum Gasteiger partial charge on any atom is 0.340 e. The zero-order valence-corrected chi connectivity index (χ0v) is 35.8. The zero-order chi connectivity index (χ0) is 45.1. The molecule has 4 heterocycles. The minimum absolute atomic E-state index is 0.0392. The Morgan fingerprint density at radius 1 is 0.922 bits per heavy atom. The van der Waals surface area contributed by atoms with E-state index in [0.717, 1.165) is 34.5 Å². The van der Waals surface area contributed by atoms with Gasteiger partial charge in [0.05, 0.1) is 42.1 Å². The van der Waals surface area contributed by atoms with Gasteiger partial charge in [-0.2, -0.15) is 0 Å². The molecule has 2 atom stereocenters. The van der Waals surface area contributed by atoms with Crippen LogP contribution in [0.3, 0.4) is 0 Å². The zero-order valence-electron chi connectivity index (χ0n) is 35.8. The number of nitrogens with one attached hydrogen (secondary N) is 4. The molecule has 0 amide bonds. The molecule has 1 aromatic heterocycles. The first-order chi connectivity index (χ1) is 30.8. The van der Waals surface area contributed by atoms with Gasteiger partial charge in [0.25, 0.3) is 0 Å². The molecule has 4 aromatic carbocycles. The lowest BCUT2D eigenvalue weighted by atomic mass is 9.77. The van der Waals surface area contributed by atoms with Gasteiger partial charge in [-0.25, -0.2) is 19.8 Å². The van der Waals surface area contributed by atoms with E-state index in [-0.39, 0.29) is 18.1 Å². The number of hydrogen-bond acceptors (Lipinski definition) is 13. The van der Waals surface area contributed by atoms with Crippen molar-refractivity contribution >= 4 is 46.9 Å². The number of nitrogens with zero attached hydrogens (tertiary/aromatic N) is 3. The van der Waals surface area contributed by atoms with E-state index in [0.29, 0.717) is 99.6 Å². The Balaban J connectivity index is 0.935. The Kier molecular flexibility index (Phi) is 11.9. The summed E-state index contributed by atoms with van der Waals surface area (Å²) >= 11 is 0. The van der Waals surface area contributed by atoms with Gasteiger partial charge in [0.2, 0.25) is 0 Å². The lowest BCUT2D eigenvalue weighted by molar-refractivity contribution is -0.134. The first-order valence-corrected chi connectivity index (χ1v) is 21.0. The summed E-state index contributed by atoms with van der Waals surface area (Å²) in [6.07, 6.45) is 5.85. The number of aliphatic imine (C=N–C) groups is 1. The lowest BCUT2D eigenvalue weighted by Gasteiger charge is -2.36. The van der Waals surface area contributed by atoms with E-state index in [1.165, 1.54) is 0 Å². The second-order valence-corrected chi connectivity index (χ2v) is 15.8. The molecular formula is C51H49N7O6. The smallest absolute Gasteiger partial charge is 0.340 e. The van der Waals surface area contributed by atoms with Crippen LogP contribution in [-0.2, 0) is 28.1 Å². The monoisotopic (exact) mass is 855 g/mol. The molecule has 8 rings (SSSR count). The third kappa shape index (κ3) is 8.60.